The molecule has 1 aliphatic carbocycles. The fourth-order valence-electron chi connectivity index (χ4n) is 4.32. The minimum absolute atomic E-state index is 0.101. The smallest absolute Gasteiger partial charge is 0.261 e. The first-order chi connectivity index (χ1) is 13.9. The fraction of sp³-hybridized carbons (Fsp3) is 0.333. The number of fused-ring (bicyclic) bond motifs is 2. The van der Waals surface area contributed by atoms with Gasteiger partial charge in [0.05, 0.1) is 22.0 Å². The SMILES string of the molecule is Cc1c(O)c(-c2ncc3c(=O)n([C@@H]4CC[C@@H](N)C4)ccc3n2)cc2cn(C)nc12. The fourth-order valence-corrected chi connectivity index (χ4v) is 4.32. The summed E-state index contributed by atoms with van der Waals surface area (Å²) in [6.07, 6.45) is 7.87. The first-order valence-corrected chi connectivity index (χ1v) is 9.72. The number of nitrogens with two attached hydrogens (primary N) is 1. The number of nitrogens with zero attached hydrogens (tertiary/aromatic N) is 5. The minimum Gasteiger partial charge on any atom is -0.507 e. The molecule has 3 aromatic heterocycles. The van der Waals surface area contributed by atoms with E-state index in [1.807, 2.05) is 32.3 Å². The van der Waals surface area contributed by atoms with E-state index >= 15 is 0 Å². The summed E-state index contributed by atoms with van der Waals surface area (Å²) in [7, 11) is 1.84. The van der Waals surface area contributed by atoms with Crippen molar-refractivity contribution in [1.29, 1.82) is 0 Å². The lowest BCUT2D eigenvalue weighted by atomic mass is 10.1. The molecule has 29 heavy (non-hydrogen) atoms. The zero-order valence-electron chi connectivity index (χ0n) is 16.3. The van der Waals surface area contributed by atoms with E-state index < -0.39 is 0 Å². The van der Waals surface area contributed by atoms with E-state index in [9.17, 15) is 9.90 Å². The number of aromatic nitrogens is 5. The highest BCUT2D eigenvalue weighted by atomic mass is 16.3. The topological polar surface area (TPSA) is 112 Å². The maximum Gasteiger partial charge on any atom is 0.261 e. The molecule has 0 aliphatic heterocycles. The molecule has 1 aliphatic rings. The lowest BCUT2D eigenvalue weighted by Crippen LogP contribution is -2.24. The van der Waals surface area contributed by atoms with Crippen molar-refractivity contribution in [3.63, 3.8) is 0 Å². The van der Waals surface area contributed by atoms with Crippen molar-refractivity contribution in [3.8, 4) is 17.1 Å². The number of phenols is 1. The molecule has 8 nitrogen and oxygen atoms in total. The number of pyridine rings is 1. The summed E-state index contributed by atoms with van der Waals surface area (Å²) in [6, 6.07) is 3.93. The van der Waals surface area contributed by atoms with Crippen LogP contribution in [0.15, 0.2) is 35.5 Å². The molecule has 5 rings (SSSR count). The predicted octanol–water partition coefficient (Wildman–Crippen LogP) is 2.41. The molecule has 1 fully saturated rings. The number of hydrogen-bond donors (Lipinski definition) is 2. The molecule has 0 saturated heterocycles. The number of phenolic OH excluding ortho intramolecular Hbond substituents is 1. The lowest BCUT2D eigenvalue weighted by Gasteiger charge is -2.14. The molecule has 3 N–H and O–H groups in total. The quantitative estimate of drug-likeness (QED) is 0.544. The Balaban J connectivity index is 1.63. The maximum absolute atomic E-state index is 13.0. The maximum atomic E-state index is 13.0. The van der Waals surface area contributed by atoms with Crippen LogP contribution in [0.2, 0.25) is 0 Å². The molecular weight excluding hydrogens is 368 g/mol. The molecule has 0 unspecified atom stereocenters. The third kappa shape index (κ3) is 2.79. The third-order valence-electron chi connectivity index (χ3n) is 5.88. The Kier molecular flexibility index (Phi) is 3.92. The first kappa shape index (κ1) is 17.8. The average molecular weight is 390 g/mol. The van der Waals surface area contributed by atoms with Crippen molar-refractivity contribution in [2.45, 2.75) is 38.3 Å². The summed E-state index contributed by atoms with van der Waals surface area (Å²) >= 11 is 0. The second kappa shape index (κ2) is 6.38. The number of aryl methyl sites for hydroxylation is 2. The van der Waals surface area contributed by atoms with Gasteiger partial charge in [-0.2, -0.15) is 5.10 Å². The summed E-state index contributed by atoms with van der Waals surface area (Å²) in [5.74, 6) is 0.479. The highest BCUT2D eigenvalue weighted by molar-refractivity contribution is 5.90. The summed E-state index contributed by atoms with van der Waals surface area (Å²) < 4.78 is 3.46. The number of rotatable bonds is 2. The van der Waals surface area contributed by atoms with Gasteiger partial charge in [0.15, 0.2) is 5.82 Å². The normalized spacial score (nSPS) is 19.4. The lowest BCUT2D eigenvalue weighted by molar-refractivity contribution is 0.473. The zero-order chi connectivity index (χ0) is 20.3. The Morgan fingerprint density at radius 1 is 1.31 bits per heavy atom. The molecule has 0 radical (unpaired) electrons. The average Bonchev–Trinajstić information content (AvgIpc) is 3.30. The summed E-state index contributed by atoms with van der Waals surface area (Å²) in [6.45, 7) is 1.82. The minimum atomic E-state index is -0.101. The third-order valence-corrected chi connectivity index (χ3v) is 5.88. The van der Waals surface area contributed by atoms with Crippen molar-refractivity contribution in [2.75, 3.05) is 0 Å². The van der Waals surface area contributed by atoms with Crippen LogP contribution in [0.5, 0.6) is 5.75 Å². The van der Waals surface area contributed by atoms with E-state index in [4.69, 9.17) is 5.73 Å². The standard InChI is InChI=1S/C21H22N6O2/c1-11-18-12(10-26(2)25-18)7-15(19(11)28)20-23-9-16-17(24-20)5-6-27(21(16)29)14-4-3-13(22)8-14/h5-7,9-10,13-14,28H,3-4,8,22H2,1-2H3/t13-,14-/m1/s1. The summed E-state index contributed by atoms with van der Waals surface area (Å²) in [5, 5.41) is 16.4. The van der Waals surface area contributed by atoms with Crippen molar-refractivity contribution < 1.29 is 5.11 Å². The molecule has 148 valence electrons. The molecule has 3 heterocycles. The van der Waals surface area contributed by atoms with Crippen LogP contribution in [0.1, 0.15) is 30.9 Å². The van der Waals surface area contributed by atoms with Crippen LogP contribution in [0.25, 0.3) is 33.2 Å². The first-order valence-electron chi connectivity index (χ1n) is 9.72. The molecular formula is C21H22N6O2. The van der Waals surface area contributed by atoms with E-state index in [0.29, 0.717) is 27.9 Å². The number of hydrogen-bond acceptors (Lipinski definition) is 6. The number of benzene rings is 1. The van der Waals surface area contributed by atoms with Gasteiger partial charge >= 0.3 is 0 Å². The van der Waals surface area contributed by atoms with Crippen LogP contribution in [0.3, 0.4) is 0 Å². The number of aromatic hydroxyl groups is 1. The monoisotopic (exact) mass is 390 g/mol. The summed E-state index contributed by atoms with van der Waals surface area (Å²) in [4.78, 5) is 21.9. The van der Waals surface area contributed by atoms with Gasteiger partial charge in [-0.3, -0.25) is 9.48 Å². The molecule has 1 aromatic carbocycles. The van der Waals surface area contributed by atoms with Crippen LogP contribution >= 0.6 is 0 Å². The van der Waals surface area contributed by atoms with Crippen LogP contribution in [0, 0.1) is 6.92 Å². The Hall–Kier alpha value is -3.26. The second-order valence-electron chi connectivity index (χ2n) is 7.89. The van der Waals surface area contributed by atoms with Crippen LogP contribution < -0.4 is 11.3 Å². The molecule has 4 aromatic rings. The van der Waals surface area contributed by atoms with Gasteiger partial charge in [0.2, 0.25) is 0 Å². The van der Waals surface area contributed by atoms with Crippen LogP contribution in [-0.4, -0.2) is 35.5 Å². The second-order valence-corrected chi connectivity index (χ2v) is 7.89. The van der Waals surface area contributed by atoms with E-state index in [2.05, 4.69) is 15.1 Å². The van der Waals surface area contributed by atoms with Crippen molar-refractivity contribution in [2.24, 2.45) is 12.8 Å². The largest absolute Gasteiger partial charge is 0.507 e. The molecule has 0 spiro atoms. The van der Waals surface area contributed by atoms with Gasteiger partial charge in [-0.1, -0.05) is 0 Å². The van der Waals surface area contributed by atoms with Gasteiger partial charge in [-0.05, 0) is 38.3 Å². The Bertz CT molecular complexity index is 1320. The molecule has 1 saturated carbocycles. The van der Waals surface area contributed by atoms with Gasteiger partial charge in [0.1, 0.15) is 5.75 Å². The highest BCUT2D eigenvalue weighted by Crippen LogP contribution is 2.35. The summed E-state index contributed by atoms with van der Waals surface area (Å²) in [5.41, 5.74) is 8.41. The molecule has 0 bridgehead atoms. The molecule has 8 heteroatoms. The zero-order valence-corrected chi connectivity index (χ0v) is 16.3. The Morgan fingerprint density at radius 3 is 2.90 bits per heavy atom. The molecule has 2 atom stereocenters. The van der Waals surface area contributed by atoms with E-state index in [1.165, 1.54) is 0 Å². The van der Waals surface area contributed by atoms with Gasteiger partial charge < -0.3 is 15.4 Å². The van der Waals surface area contributed by atoms with Crippen molar-refractivity contribution in [3.05, 3.63) is 46.6 Å². The van der Waals surface area contributed by atoms with Gasteiger partial charge in [-0.25, -0.2) is 9.97 Å². The Labute approximate surface area is 166 Å². The van der Waals surface area contributed by atoms with Gasteiger partial charge in [0, 0.05) is 48.7 Å². The van der Waals surface area contributed by atoms with Gasteiger partial charge in [0.25, 0.3) is 5.56 Å². The van der Waals surface area contributed by atoms with E-state index in [0.717, 1.165) is 30.2 Å². The molecule has 0 amide bonds. The highest BCUT2D eigenvalue weighted by Gasteiger charge is 2.24. The van der Waals surface area contributed by atoms with Crippen LogP contribution in [0.4, 0.5) is 0 Å². The van der Waals surface area contributed by atoms with Crippen molar-refractivity contribution in [1.82, 2.24) is 24.3 Å². The van der Waals surface area contributed by atoms with E-state index in [1.54, 1.807) is 21.6 Å². The Morgan fingerprint density at radius 2 is 2.14 bits per heavy atom. The van der Waals surface area contributed by atoms with Gasteiger partial charge in [-0.15, -0.1) is 0 Å². The predicted molar refractivity (Wildman–Crippen MR) is 111 cm³/mol. The van der Waals surface area contributed by atoms with Crippen molar-refractivity contribution >= 4 is 21.8 Å². The van der Waals surface area contributed by atoms with Crippen LogP contribution in [-0.2, 0) is 7.05 Å². The van der Waals surface area contributed by atoms with E-state index in [-0.39, 0.29) is 23.4 Å².